The summed E-state index contributed by atoms with van der Waals surface area (Å²) in [4.78, 5) is 10.3. The van der Waals surface area contributed by atoms with E-state index in [4.69, 9.17) is 21.1 Å². The highest BCUT2D eigenvalue weighted by molar-refractivity contribution is 6.17. The Bertz CT molecular complexity index is 397. The fourth-order valence-corrected chi connectivity index (χ4v) is 1.35. The van der Waals surface area contributed by atoms with Gasteiger partial charge < -0.3 is 9.47 Å². The molecule has 6 heteroatoms. The van der Waals surface area contributed by atoms with Crippen LogP contribution in [0.3, 0.4) is 0 Å². The normalized spacial score (nSPS) is 12.2. The molecule has 0 radical (unpaired) electrons. The van der Waals surface area contributed by atoms with Gasteiger partial charge in [-0.05, 0) is 18.6 Å². The van der Waals surface area contributed by atoms with Crippen LogP contribution in [0.5, 0.6) is 5.75 Å². The van der Waals surface area contributed by atoms with E-state index in [-0.39, 0.29) is 30.0 Å². The highest BCUT2D eigenvalue weighted by atomic mass is 35.5. The predicted molar refractivity (Wildman–Crippen MR) is 64.6 cm³/mol. The van der Waals surface area contributed by atoms with Crippen molar-refractivity contribution in [2.24, 2.45) is 0 Å². The molecule has 0 saturated heterocycles. The fraction of sp³-hybridized carbons (Fsp3) is 0.455. The van der Waals surface area contributed by atoms with Gasteiger partial charge in [-0.3, -0.25) is 10.1 Å². The molecule has 1 rings (SSSR count). The molecule has 17 heavy (non-hydrogen) atoms. The van der Waals surface area contributed by atoms with Gasteiger partial charge in [-0.2, -0.15) is 0 Å². The van der Waals surface area contributed by atoms with Crippen molar-refractivity contribution in [2.45, 2.75) is 18.9 Å². The van der Waals surface area contributed by atoms with E-state index in [1.54, 1.807) is 19.2 Å². The highest BCUT2D eigenvalue weighted by Crippen LogP contribution is 2.28. The second kappa shape index (κ2) is 6.42. The largest absolute Gasteiger partial charge is 0.484 e. The molecule has 0 amide bonds. The van der Waals surface area contributed by atoms with Crippen LogP contribution in [0.25, 0.3) is 0 Å². The molecular weight excluding hydrogens is 246 g/mol. The second-order valence-corrected chi connectivity index (χ2v) is 3.82. The Hall–Kier alpha value is -1.33. The average molecular weight is 260 g/mol. The van der Waals surface area contributed by atoms with Gasteiger partial charge in [0.25, 0.3) is 0 Å². The maximum absolute atomic E-state index is 10.8. The number of rotatable bonds is 6. The Morgan fingerprint density at radius 3 is 2.76 bits per heavy atom. The Labute approximate surface area is 104 Å². The summed E-state index contributed by atoms with van der Waals surface area (Å²) in [7, 11) is 1.55. The third kappa shape index (κ3) is 3.87. The van der Waals surface area contributed by atoms with E-state index in [1.165, 1.54) is 6.07 Å². The lowest BCUT2D eigenvalue weighted by Gasteiger charge is -2.12. The Morgan fingerprint density at radius 2 is 2.24 bits per heavy atom. The minimum Gasteiger partial charge on any atom is -0.484 e. The summed E-state index contributed by atoms with van der Waals surface area (Å²) < 4.78 is 10.4. The lowest BCUT2D eigenvalue weighted by atomic mass is 10.2. The Balaban J connectivity index is 2.89. The Kier molecular flexibility index (Phi) is 5.18. The summed E-state index contributed by atoms with van der Waals surface area (Å²) >= 11 is 5.67. The zero-order valence-electron chi connectivity index (χ0n) is 9.68. The number of alkyl halides is 1. The van der Waals surface area contributed by atoms with E-state index in [0.717, 1.165) is 5.56 Å². The Morgan fingerprint density at radius 1 is 1.53 bits per heavy atom. The van der Waals surface area contributed by atoms with Crippen molar-refractivity contribution in [1.82, 2.24) is 0 Å². The van der Waals surface area contributed by atoms with Crippen molar-refractivity contribution in [3.63, 3.8) is 0 Å². The second-order valence-electron chi connectivity index (χ2n) is 3.55. The fourth-order valence-electron chi connectivity index (χ4n) is 1.18. The molecule has 0 aromatic heterocycles. The molecule has 1 atom stereocenters. The molecule has 0 aliphatic rings. The van der Waals surface area contributed by atoms with Crippen LogP contribution in [0.1, 0.15) is 12.5 Å². The zero-order valence-corrected chi connectivity index (χ0v) is 10.4. The molecular formula is C11H14ClNO4. The number of hydrogen-bond donors (Lipinski definition) is 0. The van der Waals surface area contributed by atoms with Crippen molar-refractivity contribution in [3.05, 3.63) is 33.9 Å². The number of nitrogens with zero attached hydrogens (tertiary/aromatic N) is 1. The molecule has 1 aromatic rings. The maximum Gasteiger partial charge on any atom is 0.310 e. The quantitative estimate of drug-likeness (QED) is 0.448. The van der Waals surface area contributed by atoms with Gasteiger partial charge in [0.05, 0.1) is 11.0 Å². The molecule has 0 heterocycles. The minimum absolute atomic E-state index is 0.0674. The van der Waals surface area contributed by atoms with Crippen molar-refractivity contribution in [2.75, 3.05) is 13.7 Å². The first-order valence-corrected chi connectivity index (χ1v) is 5.60. The lowest BCUT2D eigenvalue weighted by molar-refractivity contribution is -0.385. The molecule has 0 aliphatic heterocycles. The van der Waals surface area contributed by atoms with Crippen LogP contribution in [0, 0.1) is 10.1 Å². The van der Waals surface area contributed by atoms with Crippen molar-refractivity contribution < 1.29 is 14.4 Å². The molecule has 5 nitrogen and oxygen atoms in total. The number of nitro benzene ring substituents is 1. The van der Waals surface area contributed by atoms with Gasteiger partial charge in [0.1, 0.15) is 6.61 Å². The number of nitro groups is 1. The number of benzene rings is 1. The van der Waals surface area contributed by atoms with E-state index in [9.17, 15) is 10.1 Å². The summed E-state index contributed by atoms with van der Waals surface area (Å²) in [5.41, 5.74) is 0.708. The van der Waals surface area contributed by atoms with Crippen LogP contribution >= 0.6 is 11.6 Å². The first kappa shape index (κ1) is 13.7. The van der Waals surface area contributed by atoms with Crippen LogP contribution in [0.15, 0.2) is 18.2 Å². The van der Waals surface area contributed by atoms with Gasteiger partial charge in [0.2, 0.25) is 0 Å². The molecule has 94 valence electrons. The third-order valence-electron chi connectivity index (χ3n) is 2.25. The summed E-state index contributed by atoms with van der Waals surface area (Å²) in [5.74, 6) is 0.505. The standard InChI is InChI=1S/C11H14ClNO4/c1-8(16-2)7-17-11-5-9(6-12)3-4-10(11)13(14)15/h3-5,8H,6-7H2,1-2H3. The van der Waals surface area contributed by atoms with E-state index in [1.807, 2.05) is 6.92 Å². The summed E-state index contributed by atoms with van der Waals surface area (Å²) in [5, 5.41) is 10.8. The number of hydrogen-bond acceptors (Lipinski definition) is 4. The van der Waals surface area contributed by atoms with Gasteiger partial charge >= 0.3 is 5.69 Å². The molecule has 0 N–H and O–H groups in total. The van der Waals surface area contributed by atoms with E-state index in [2.05, 4.69) is 0 Å². The zero-order chi connectivity index (χ0) is 12.8. The first-order valence-electron chi connectivity index (χ1n) is 5.07. The molecule has 1 unspecified atom stereocenters. The smallest absolute Gasteiger partial charge is 0.310 e. The third-order valence-corrected chi connectivity index (χ3v) is 2.56. The van der Waals surface area contributed by atoms with Crippen LogP contribution in [-0.2, 0) is 10.6 Å². The number of methoxy groups -OCH3 is 1. The van der Waals surface area contributed by atoms with Crippen molar-refractivity contribution in [1.29, 1.82) is 0 Å². The van der Waals surface area contributed by atoms with E-state index in [0.29, 0.717) is 0 Å². The highest BCUT2D eigenvalue weighted by Gasteiger charge is 2.16. The van der Waals surface area contributed by atoms with Gasteiger partial charge in [0, 0.05) is 19.1 Å². The van der Waals surface area contributed by atoms with Crippen LogP contribution in [0.2, 0.25) is 0 Å². The van der Waals surface area contributed by atoms with E-state index >= 15 is 0 Å². The molecule has 0 bridgehead atoms. The lowest BCUT2D eigenvalue weighted by Crippen LogP contribution is -2.16. The summed E-state index contributed by atoms with van der Waals surface area (Å²) in [6, 6.07) is 4.58. The monoisotopic (exact) mass is 259 g/mol. The van der Waals surface area contributed by atoms with Gasteiger partial charge in [0.15, 0.2) is 5.75 Å². The molecule has 1 aromatic carbocycles. The van der Waals surface area contributed by atoms with E-state index < -0.39 is 4.92 Å². The van der Waals surface area contributed by atoms with Gasteiger partial charge in [-0.25, -0.2) is 0 Å². The number of ether oxygens (including phenoxy) is 2. The van der Waals surface area contributed by atoms with Gasteiger partial charge in [-0.15, -0.1) is 11.6 Å². The first-order chi connectivity index (χ1) is 8.08. The molecule has 0 spiro atoms. The number of halogens is 1. The molecule has 0 saturated carbocycles. The van der Waals surface area contributed by atoms with Crippen LogP contribution < -0.4 is 4.74 Å². The summed E-state index contributed by atoms with van der Waals surface area (Å²) in [6.45, 7) is 2.07. The summed E-state index contributed by atoms with van der Waals surface area (Å²) in [6.07, 6.45) is -0.130. The predicted octanol–water partition coefficient (Wildman–Crippen LogP) is 2.75. The van der Waals surface area contributed by atoms with Crippen LogP contribution in [0.4, 0.5) is 5.69 Å². The minimum atomic E-state index is -0.481. The van der Waals surface area contributed by atoms with Crippen LogP contribution in [-0.4, -0.2) is 24.7 Å². The van der Waals surface area contributed by atoms with Gasteiger partial charge in [-0.1, -0.05) is 6.07 Å². The molecule has 0 fully saturated rings. The topological polar surface area (TPSA) is 61.6 Å². The van der Waals surface area contributed by atoms with Crippen molar-refractivity contribution in [3.8, 4) is 5.75 Å². The average Bonchev–Trinajstić information content (AvgIpc) is 2.35. The molecule has 0 aliphatic carbocycles. The maximum atomic E-state index is 10.8. The SMILES string of the molecule is COC(C)COc1cc(CCl)ccc1[N+](=O)[O-]. The van der Waals surface area contributed by atoms with Crippen molar-refractivity contribution >= 4 is 17.3 Å².